The molecule has 42 valence electrons. The minimum absolute atomic E-state index is 0.134. The molecule has 0 aliphatic rings. The fourth-order valence-electron chi connectivity index (χ4n) is 0.129. The Balaban J connectivity index is 3.35. The Labute approximate surface area is 42.3 Å². The summed E-state index contributed by atoms with van der Waals surface area (Å²) < 4.78 is 0. The molecule has 0 aromatic heterocycles. The number of carbonyl (C=O) groups is 1. The van der Waals surface area contributed by atoms with E-state index in [4.69, 9.17) is 5.21 Å². The van der Waals surface area contributed by atoms with E-state index in [1.54, 1.807) is 13.8 Å². The van der Waals surface area contributed by atoms with E-state index in [0.717, 1.165) is 0 Å². The van der Waals surface area contributed by atoms with Crippen LogP contribution in [0, 0.1) is 5.92 Å². The summed E-state index contributed by atoms with van der Waals surface area (Å²) in [5.41, 5.74) is 1.53. The third-order valence-corrected chi connectivity index (χ3v) is 0.635. The van der Waals surface area contributed by atoms with Crippen LogP contribution in [0.5, 0.6) is 0 Å². The van der Waals surface area contributed by atoms with E-state index in [9.17, 15) is 4.79 Å². The minimum Gasteiger partial charge on any atom is -0.289 e. The van der Waals surface area contributed by atoms with Gasteiger partial charge in [-0.15, -0.1) is 0 Å². The zero-order valence-corrected chi connectivity index (χ0v) is 4.43. The van der Waals surface area contributed by atoms with Crippen molar-refractivity contribution < 1.29 is 10.0 Å². The molecule has 0 unspecified atom stereocenters. The van der Waals surface area contributed by atoms with Gasteiger partial charge in [-0.2, -0.15) is 0 Å². The number of rotatable bonds is 1. The van der Waals surface area contributed by atoms with Crippen molar-refractivity contribution in [2.24, 2.45) is 5.92 Å². The zero-order chi connectivity index (χ0) is 5.86. The van der Waals surface area contributed by atoms with Crippen LogP contribution in [0.15, 0.2) is 0 Å². The van der Waals surface area contributed by atoms with E-state index in [1.807, 2.05) is 0 Å². The highest BCUT2D eigenvalue weighted by molar-refractivity contribution is 5.76. The van der Waals surface area contributed by atoms with Gasteiger partial charge in [0, 0.05) is 5.92 Å². The zero-order valence-electron chi connectivity index (χ0n) is 4.43. The summed E-state index contributed by atoms with van der Waals surface area (Å²) in [6.07, 6.45) is 0. The normalized spacial score (nSPS) is 9.14. The molecule has 0 aliphatic heterocycles. The number of carbonyl (C=O) groups excluding carboxylic acids is 1. The van der Waals surface area contributed by atoms with Crippen molar-refractivity contribution in [3.05, 3.63) is 0 Å². The number of hydrogen-bond acceptors (Lipinski definition) is 2. The maximum atomic E-state index is 10.2. The maximum absolute atomic E-state index is 10.2. The monoisotopic (exact) mass is 103 g/mol. The topological polar surface area (TPSA) is 49.3 Å². The number of hydrogen-bond donors (Lipinski definition) is 2. The van der Waals surface area contributed by atoms with Crippen LogP contribution in [0.25, 0.3) is 0 Å². The molecule has 3 nitrogen and oxygen atoms in total. The van der Waals surface area contributed by atoms with Crippen molar-refractivity contribution >= 4 is 5.91 Å². The Hall–Kier alpha value is -0.570. The van der Waals surface area contributed by atoms with Crippen molar-refractivity contribution in [1.29, 1.82) is 0 Å². The van der Waals surface area contributed by atoms with Gasteiger partial charge in [-0.05, 0) is 0 Å². The molecule has 0 heterocycles. The number of hydroxylamine groups is 1. The fraction of sp³-hybridized carbons (Fsp3) is 0.750. The number of nitrogens with one attached hydrogen (secondary N) is 1. The van der Waals surface area contributed by atoms with Crippen LogP contribution < -0.4 is 5.48 Å². The van der Waals surface area contributed by atoms with Crippen LogP contribution in [0.2, 0.25) is 0 Å². The summed E-state index contributed by atoms with van der Waals surface area (Å²) in [7, 11) is 0. The van der Waals surface area contributed by atoms with Gasteiger partial charge < -0.3 is 0 Å². The van der Waals surface area contributed by atoms with E-state index < -0.39 is 0 Å². The molecule has 0 bridgehead atoms. The Kier molecular flexibility index (Phi) is 2.37. The smallest absolute Gasteiger partial charge is 0.245 e. The van der Waals surface area contributed by atoms with Gasteiger partial charge in [0.25, 0.3) is 0 Å². The van der Waals surface area contributed by atoms with Crippen molar-refractivity contribution in [1.82, 2.24) is 5.48 Å². The molecule has 0 radical (unpaired) electrons. The lowest BCUT2D eigenvalue weighted by atomic mass is 10.2. The highest BCUT2D eigenvalue weighted by Crippen LogP contribution is 1.87. The van der Waals surface area contributed by atoms with Crippen LogP contribution in [0.4, 0.5) is 0 Å². The molecule has 0 atom stereocenters. The van der Waals surface area contributed by atoms with Crippen molar-refractivity contribution in [2.75, 3.05) is 0 Å². The van der Waals surface area contributed by atoms with Gasteiger partial charge in [0.15, 0.2) is 0 Å². The molecule has 3 heteroatoms. The molecule has 0 saturated heterocycles. The second kappa shape index (κ2) is 2.58. The molecule has 0 aromatic carbocycles. The molecule has 0 rings (SSSR count). The molecule has 0 aromatic rings. The van der Waals surface area contributed by atoms with Gasteiger partial charge in [0.2, 0.25) is 5.91 Å². The Bertz CT molecular complexity index is 70.1. The Morgan fingerprint density at radius 2 is 2.14 bits per heavy atom. The van der Waals surface area contributed by atoms with E-state index in [2.05, 4.69) is 0 Å². The van der Waals surface area contributed by atoms with Crippen LogP contribution >= 0.6 is 0 Å². The van der Waals surface area contributed by atoms with Crippen molar-refractivity contribution in [3.8, 4) is 0 Å². The molecule has 0 spiro atoms. The largest absolute Gasteiger partial charge is 0.289 e. The second-order valence-corrected chi connectivity index (χ2v) is 1.63. The third-order valence-electron chi connectivity index (χ3n) is 0.635. The van der Waals surface area contributed by atoms with Crippen LogP contribution in [-0.2, 0) is 4.79 Å². The molecule has 1 amide bonds. The summed E-state index contributed by atoms with van der Waals surface area (Å²) in [4.78, 5) is 10.2. The lowest BCUT2D eigenvalue weighted by Crippen LogP contribution is -2.23. The van der Waals surface area contributed by atoms with Gasteiger partial charge in [0.1, 0.15) is 0 Å². The van der Waals surface area contributed by atoms with Gasteiger partial charge in [-0.1, -0.05) is 13.8 Å². The molecule has 2 N–H and O–H groups in total. The predicted octanol–water partition coefficient (Wildman–Crippen LogP) is 0.148. The molecular weight excluding hydrogens is 94.0 g/mol. The summed E-state index contributed by atoms with van der Waals surface area (Å²) in [5, 5.41) is 7.91. The van der Waals surface area contributed by atoms with Gasteiger partial charge >= 0.3 is 0 Å². The summed E-state index contributed by atoms with van der Waals surface area (Å²) in [6, 6.07) is 0. The molecule has 0 saturated carbocycles. The van der Waals surface area contributed by atoms with E-state index in [0.29, 0.717) is 0 Å². The third kappa shape index (κ3) is 2.17. The number of amides is 1. The average Bonchev–Trinajstić information content (AvgIpc) is 1.65. The quantitative estimate of drug-likeness (QED) is 0.366. The standard InChI is InChI=1S/C4H9NO2/c1-3(2)4(6)5-7/h3,7H,1-2H3,(H,5,6). The maximum Gasteiger partial charge on any atom is 0.245 e. The molecule has 7 heavy (non-hydrogen) atoms. The van der Waals surface area contributed by atoms with Crippen LogP contribution in [0.1, 0.15) is 13.8 Å². The average molecular weight is 103 g/mol. The highest BCUT2D eigenvalue weighted by atomic mass is 16.5. The summed E-state index contributed by atoms with van der Waals surface area (Å²) >= 11 is 0. The van der Waals surface area contributed by atoms with Crippen molar-refractivity contribution in [3.63, 3.8) is 0 Å². The SMILES string of the molecule is CC(C)C(=O)NO. The highest BCUT2D eigenvalue weighted by Gasteiger charge is 2.01. The minimum atomic E-state index is -0.347. The van der Waals surface area contributed by atoms with Crippen LogP contribution in [0.3, 0.4) is 0 Å². The molecule has 0 fully saturated rings. The van der Waals surface area contributed by atoms with E-state index in [1.165, 1.54) is 5.48 Å². The summed E-state index contributed by atoms with van der Waals surface area (Å²) in [5.74, 6) is -0.481. The Morgan fingerprint density at radius 3 is 2.14 bits per heavy atom. The first-order chi connectivity index (χ1) is 3.18. The van der Waals surface area contributed by atoms with Gasteiger partial charge in [-0.25, -0.2) is 5.48 Å². The Morgan fingerprint density at radius 1 is 1.71 bits per heavy atom. The summed E-state index contributed by atoms with van der Waals surface area (Å²) in [6.45, 7) is 3.40. The molecule has 0 aliphatic carbocycles. The first-order valence-corrected chi connectivity index (χ1v) is 2.12. The first kappa shape index (κ1) is 6.43. The lowest BCUT2D eigenvalue weighted by Gasteiger charge is -1.97. The van der Waals surface area contributed by atoms with E-state index >= 15 is 0 Å². The first-order valence-electron chi connectivity index (χ1n) is 2.12. The van der Waals surface area contributed by atoms with Gasteiger partial charge in [-0.3, -0.25) is 10.0 Å². The predicted molar refractivity (Wildman–Crippen MR) is 24.8 cm³/mol. The van der Waals surface area contributed by atoms with Crippen LogP contribution in [-0.4, -0.2) is 11.1 Å². The van der Waals surface area contributed by atoms with Gasteiger partial charge in [0.05, 0.1) is 0 Å². The second-order valence-electron chi connectivity index (χ2n) is 1.63. The van der Waals surface area contributed by atoms with Crippen molar-refractivity contribution in [2.45, 2.75) is 13.8 Å². The lowest BCUT2D eigenvalue weighted by molar-refractivity contribution is -0.132. The fourth-order valence-corrected chi connectivity index (χ4v) is 0.129. The van der Waals surface area contributed by atoms with E-state index in [-0.39, 0.29) is 11.8 Å². The molecular formula is C4H9NO2.